The number of nitrogens with zero attached hydrogens (tertiary/aromatic N) is 3. The zero-order chi connectivity index (χ0) is 18.1. The van der Waals surface area contributed by atoms with Crippen LogP contribution in [0.15, 0.2) is 24.3 Å². The van der Waals surface area contributed by atoms with E-state index >= 15 is 0 Å². The van der Waals surface area contributed by atoms with Crippen LogP contribution >= 0.6 is 0 Å². The number of para-hydroxylation sites is 1. The summed E-state index contributed by atoms with van der Waals surface area (Å²) in [6, 6.07) is 7.63. The van der Waals surface area contributed by atoms with Gasteiger partial charge in [-0.15, -0.1) is 0 Å². The van der Waals surface area contributed by atoms with Gasteiger partial charge in [0.1, 0.15) is 5.75 Å². The Bertz CT molecular complexity index is 811. The number of fused-ring (bicyclic) bond motifs is 1. The third-order valence-electron chi connectivity index (χ3n) is 5.38. The molecule has 1 aliphatic carbocycles. The van der Waals surface area contributed by atoms with E-state index in [9.17, 15) is 9.90 Å². The maximum absolute atomic E-state index is 12.8. The predicted octanol–water partition coefficient (Wildman–Crippen LogP) is 1.92. The number of amides is 1. The number of ether oxygens (including phenoxy) is 1. The second kappa shape index (κ2) is 7.11. The standard InChI is InChI=1S/C20H25N3O3/c1-26-19-5-3-2-4-15(19)10-20(25)22-9-8-18-16(12-22)17(13-24)21-23(18)11-14-6-7-14/h2-5,14,24H,6-13H2,1H3. The number of aromatic nitrogens is 2. The molecular formula is C20H25N3O3. The molecule has 138 valence electrons. The van der Waals surface area contributed by atoms with Gasteiger partial charge < -0.3 is 14.7 Å². The number of benzene rings is 1. The van der Waals surface area contributed by atoms with Gasteiger partial charge in [-0.3, -0.25) is 9.48 Å². The lowest BCUT2D eigenvalue weighted by Gasteiger charge is -2.28. The van der Waals surface area contributed by atoms with Crippen LogP contribution in [0.25, 0.3) is 0 Å². The van der Waals surface area contributed by atoms with Gasteiger partial charge in [0.05, 0.1) is 25.8 Å². The van der Waals surface area contributed by atoms with E-state index in [1.54, 1.807) is 7.11 Å². The number of methoxy groups -OCH3 is 1. The molecule has 4 rings (SSSR count). The Morgan fingerprint density at radius 2 is 2.15 bits per heavy atom. The average molecular weight is 355 g/mol. The molecule has 2 aromatic rings. The molecule has 1 saturated carbocycles. The Labute approximate surface area is 153 Å². The maximum atomic E-state index is 12.8. The van der Waals surface area contributed by atoms with Crippen LogP contribution in [-0.2, 0) is 37.3 Å². The van der Waals surface area contributed by atoms with Crippen molar-refractivity contribution < 1.29 is 14.6 Å². The molecule has 1 aromatic carbocycles. The first kappa shape index (κ1) is 17.1. The SMILES string of the molecule is COc1ccccc1CC(=O)N1CCc2c(c(CO)nn2CC2CC2)C1. The molecule has 2 heterocycles. The number of carbonyl (C=O) groups excluding carboxylic acids is 1. The fourth-order valence-corrected chi connectivity index (χ4v) is 3.72. The van der Waals surface area contributed by atoms with Gasteiger partial charge >= 0.3 is 0 Å². The highest BCUT2D eigenvalue weighted by Crippen LogP contribution is 2.32. The summed E-state index contributed by atoms with van der Waals surface area (Å²) in [5.74, 6) is 1.56. The van der Waals surface area contributed by atoms with E-state index in [-0.39, 0.29) is 12.5 Å². The van der Waals surface area contributed by atoms with Crippen molar-refractivity contribution >= 4 is 5.91 Å². The fraction of sp³-hybridized carbons (Fsp3) is 0.500. The van der Waals surface area contributed by atoms with Crippen molar-refractivity contribution in [3.8, 4) is 5.75 Å². The van der Waals surface area contributed by atoms with Crippen LogP contribution in [0.2, 0.25) is 0 Å². The topological polar surface area (TPSA) is 67.6 Å². The Balaban J connectivity index is 1.50. The summed E-state index contributed by atoms with van der Waals surface area (Å²) < 4.78 is 7.43. The molecular weight excluding hydrogens is 330 g/mol. The summed E-state index contributed by atoms with van der Waals surface area (Å²) in [4.78, 5) is 14.7. The Kier molecular flexibility index (Phi) is 4.68. The number of carbonyl (C=O) groups is 1. The Morgan fingerprint density at radius 3 is 2.88 bits per heavy atom. The smallest absolute Gasteiger partial charge is 0.227 e. The Morgan fingerprint density at radius 1 is 1.35 bits per heavy atom. The Hall–Kier alpha value is -2.34. The minimum atomic E-state index is -0.0749. The molecule has 0 radical (unpaired) electrons. The van der Waals surface area contributed by atoms with E-state index in [4.69, 9.17) is 4.74 Å². The maximum Gasteiger partial charge on any atom is 0.227 e. The minimum absolute atomic E-state index is 0.0749. The van der Waals surface area contributed by atoms with Crippen molar-refractivity contribution in [2.45, 2.75) is 45.4 Å². The summed E-state index contributed by atoms with van der Waals surface area (Å²) >= 11 is 0. The van der Waals surface area contributed by atoms with Crippen LogP contribution in [0.3, 0.4) is 0 Å². The first-order valence-electron chi connectivity index (χ1n) is 9.27. The van der Waals surface area contributed by atoms with Crippen molar-refractivity contribution in [2.75, 3.05) is 13.7 Å². The third kappa shape index (κ3) is 3.33. The van der Waals surface area contributed by atoms with Gasteiger partial charge in [0.2, 0.25) is 5.91 Å². The zero-order valence-electron chi connectivity index (χ0n) is 15.1. The van der Waals surface area contributed by atoms with E-state index < -0.39 is 0 Å². The molecule has 6 heteroatoms. The number of hydrogen-bond acceptors (Lipinski definition) is 4. The van der Waals surface area contributed by atoms with Gasteiger partial charge in [0.15, 0.2) is 0 Å². The molecule has 1 fully saturated rings. The summed E-state index contributed by atoms with van der Waals surface area (Å²) in [5.41, 5.74) is 3.85. The second-order valence-corrected chi connectivity index (χ2v) is 7.21. The molecule has 0 atom stereocenters. The molecule has 0 unspecified atom stereocenters. The average Bonchev–Trinajstić information content (AvgIpc) is 3.42. The number of hydrogen-bond donors (Lipinski definition) is 1. The first-order chi connectivity index (χ1) is 12.7. The van der Waals surface area contributed by atoms with E-state index in [1.807, 2.05) is 29.2 Å². The normalized spacial score (nSPS) is 16.5. The highest BCUT2D eigenvalue weighted by molar-refractivity contribution is 5.79. The molecule has 0 spiro atoms. The molecule has 0 bridgehead atoms. The predicted molar refractivity (Wildman–Crippen MR) is 96.7 cm³/mol. The molecule has 1 N–H and O–H groups in total. The minimum Gasteiger partial charge on any atom is -0.496 e. The quantitative estimate of drug-likeness (QED) is 0.860. The highest BCUT2D eigenvalue weighted by Gasteiger charge is 2.30. The monoisotopic (exact) mass is 355 g/mol. The summed E-state index contributed by atoms with van der Waals surface area (Å²) in [6.07, 6.45) is 3.66. The molecule has 2 aliphatic rings. The molecule has 1 amide bonds. The summed E-state index contributed by atoms with van der Waals surface area (Å²) in [6.45, 7) is 2.10. The van der Waals surface area contributed by atoms with E-state index in [1.165, 1.54) is 18.5 Å². The number of rotatable bonds is 6. The van der Waals surface area contributed by atoms with Crippen molar-refractivity contribution in [2.24, 2.45) is 5.92 Å². The van der Waals surface area contributed by atoms with Gasteiger partial charge in [-0.25, -0.2) is 0 Å². The van der Waals surface area contributed by atoms with Gasteiger partial charge in [-0.1, -0.05) is 18.2 Å². The van der Waals surface area contributed by atoms with Crippen LogP contribution in [0.4, 0.5) is 0 Å². The lowest BCUT2D eigenvalue weighted by atomic mass is 10.0. The first-order valence-corrected chi connectivity index (χ1v) is 9.27. The molecule has 26 heavy (non-hydrogen) atoms. The number of aliphatic hydroxyl groups is 1. The second-order valence-electron chi connectivity index (χ2n) is 7.21. The van der Waals surface area contributed by atoms with Crippen molar-refractivity contribution in [1.82, 2.24) is 14.7 Å². The molecule has 6 nitrogen and oxygen atoms in total. The van der Waals surface area contributed by atoms with E-state index in [0.717, 1.165) is 41.5 Å². The summed E-state index contributed by atoms with van der Waals surface area (Å²) in [7, 11) is 1.62. The van der Waals surface area contributed by atoms with Crippen LogP contribution in [0, 0.1) is 5.92 Å². The van der Waals surface area contributed by atoms with Gasteiger partial charge in [-0.05, 0) is 24.8 Å². The molecule has 1 aromatic heterocycles. The zero-order valence-corrected chi connectivity index (χ0v) is 15.1. The molecule has 0 saturated heterocycles. The third-order valence-corrected chi connectivity index (χ3v) is 5.38. The van der Waals surface area contributed by atoms with Gasteiger partial charge in [0.25, 0.3) is 0 Å². The van der Waals surface area contributed by atoms with Gasteiger partial charge in [0, 0.05) is 42.9 Å². The van der Waals surface area contributed by atoms with Gasteiger partial charge in [-0.2, -0.15) is 5.10 Å². The van der Waals surface area contributed by atoms with Crippen molar-refractivity contribution in [3.05, 3.63) is 46.8 Å². The van der Waals surface area contributed by atoms with E-state index in [0.29, 0.717) is 19.5 Å². The van der Waals surface area contributed by atoms with Crippen LogP contribution in [-0.4, -0.2) is 39.3 Å². The largest absolute Gasteiger partial charge is 0.496 e. The highest BCUT2D eigenvalue weighted by atomic mass is 16.5. The lowest BCUT2D eigenvalue weighted by molar-refractivity contribution is -0.131. The van der Waals surface area contributed by atoms with Crippen LogP contribution in [0.5, 0.6) is 5.75 Å². The molecule has 1 aliphatic heterocycles. The summed E-state index contributed by atoms with van der Waals surface area (Å²) in [5, 5.41) is 14.3. The van der Waals surface area contributed by atoms with Crippen LogP contribution in [0.1, 0.15) is 35.4 Å². The fourth-order valence-electron chi connectivity index (χ4n) is 3.72. The van der Waals surface area contributed by atoms with E-state index in [2.05, 4.69) is 9.78 Å². The van der Waals surface area contributed by atoms with Crippen LogP contribution < -0.4 is 4.74 Å². The number of aliphatic hydroxyl groups excluding tert-OH is 1. The van der Waals surface area contributed by atoms with Crippen molar-refractivity contribution in [3.63, 3.8) is 0 Å². The van der Waals surface area contributed by atoms with Crippen molar-refractivity contribution in [1.29, 1.82) is 0 Å². The lowest BCUT2D eigenvalue weighted by Crippen LogP contribution is -2.37.